The lowest BCUT2D eigenvalue weighted by Crippen LogP contribution is -2.36. The highest BCUT2D eigenvalue weighted by Crippen LogP contribution is 2.26. The van der Waals surface area contributed by atoms with Crippen LogP contribution >= 0.6 is 22.9 Å². The minimum Gasteiger partial charge on any atom is -0.378 e. The monoisotopic (exact) mass is 432 g/mol. The Morgan fingerprint density at radius 3 is 2.72 bits per heavy atom. The van der Waals surface area contributed by atoms with E-state index >= 15 is 0 Å². The zero-order chi connectivity index (χ0) is 20.2. The number of halogens is 2. The lowest BCUT2D eigenvalue weighted by molar-refractivity contribution is 0.0984. The van der Waals surface area contributed by atoms with Gasteiger partial charge in [-0.05, 0) is 36.4 Å². The van der Waals surface area contributed by atoms with Crippen LogP contribution in [0.4, 0.5) is 15.2 Å². The smallest absolute Gasteiger partial charge is 0.261 e. The van der Waals surface area contributed by atoms with E-state index < -0.39 is 0 Å². The van der Waals surface area contributed by atoms with Gasteiger partial charge in [-0.15, -0.1) is 11.3 Å². The summed E-state index contributed by atoms with van der Waals surface area (Å²) in [5.74, 6) is -0.695. The van der Waals surface area contributed by atoms with Crippen LogP contribution in [0.3, 0.4) is 0 Å². The van der Waals surface area contributed by atoms with Gasteiger partial charge < -0.3 is 14.5 Å². The number of hydrogen-bond acceptors (Lipinski definition) is 6. The number of hydrogen-bond donors (Lipinski definition) is 0. The molecule has 6 nitrogen and oxygen atoms in total. The Labute approximate surface area is 176 Å². The molecule has 2 aromatic heterocycles. The molecule has 1 aliphatic heterocycles. The molecule has 0 atom stereocenters. The van der Waals surface area contributed by atoms with Crippen LogP contribution in [0.2, 0.25) is 5.15 Å². The first-order valence-corrected chi connectivity index (χ1v) is 10.3. The number of rotatable bonds is 5. The van der Waals surface area contributed by atoms with Crippen LogP contribution in [-0.2, 0) is 11.3 Å². The van der Waals surface area contributed by atoms with Gasteiger partial charge in [-0.3, -0.25) is 4.79 Å². The molecule has 4 rings (SSSR count). The summed E-state index contributed by atoms with van der Waals surface area (Å²) < 4.78 is 18.8. The first kappa shape index (κ1) is 19.8. The molecule has 0 saturated carbocycles. The van der Waals surface area contributed by atoms with Crippen LogP contribution in [-0.4, -0.2) is 42.2 Å². The zero-order valence-corrected chi connectivity index (χ0v) is 17.0. The van der Waals surface area contributed by atoms with Gasteiger partial charge in [-0.1, -0.05) is 11.6 Å². The van der Waals surface area contributed by atoms with Crippen molar-refractivity contribution in [2.24, 2.45) is 0 Å². The number of morpholine rings is 1. The predicted octanol–water partition coefficient (Wildman–Crippen LogP) is 4.01. The quantitative estimate of drug-likeness (QED) is 0.570. The second-order valence-electron chi connectivity index (χ2n) is 6.43. The summed E-state index contributed by atoms with van der Waals surface area (Å²) in [4.78, 5) is 25.6. The van der Waals surface area contributed by atoms with Crippen molar-refractivity contribution >= 4 is 39.7 Å². The van der Waals surface area contributed by atoms with Crippen molar-refractivity contribution in [3.63, 3.8) is 0 Å². The van der Waals surface area contributed by atoms with Crippen LogP contribution in [0.1, 0.15) is 16.1 Å². The SMILES string of the molecule is O=C(c1cccnc1Cl)N(Cc1csc(N2CCOCC2)n1)c1ccc(F)cc1. The van der Waals surface area contributed by atoms with Crippen molar-refractivity contribution in [1.82, 2.24) is 9.97 Å². The van der Waals surface area contributed by atoms with Crippen molar-refractivity contribution in [2.45, 2.75) is 6.54 Å². The van der Waals surface area contributed by atoms with Gasteiger partial charge in [0, 0.05) is 30.4 Å². The summed E-state index contributed by atoms with van der Waals surface area (Å²) in [6.45, 7) is 3.16. The number of amides is 1. The van der Waals surface area contributed by atoms with Gasteiger partial charge in [0.25, 0.3) is 5.91 Å². The average molecular weight is 433 g/mol. The summed E-state index contributed by atoms with van der Waals surface area (Å²) in [5, 5.41) is 2.95. The fourth-order valence-electron chi connectivity index (χ4n) is 3.02. The van der Waals surface area contributed by atoms with Crippen LogP contribution in [0, 0.1) is 5.82 Å². The Hall–Kier alpha value is -2.55. The molecule has 0 aliphatic carbocycles. The van der Waals surface area contributed by atoms with Gasteiger partial charge in [-0.2, -0.15) is 0 Å². The van der Waals surface area contributed by atoms with Crippen molar-refractivity contribution in [1.29, 1.82) is 0 Å². The summed E-state index contributed by atoms with van der Waals surface area (Å²) in [6, 6.07) is 9.04. The van der Waals surface area contributed by atoms with Gasteiger partial charge >= 0.3 is 0 Å². The third-order valence-electron chi connectivity index (χ3n) is 4.51. The zero-order valence-electron chi connectivity index (χ0n) is 15.4. The van der Waals surface area contributed by atoms with Crippen molar-refractivity contribution in [2.75, 3.05) is 36.1 Å². The van der Waals surface area contributed by atoms with Gasteiger partial charge in [0.05, 0.1) is 31.0 Å². The summed E-state index contributed by atoms with van der Waals surface area (Å²) >= 11 is 7.66. The number of thiazole rings is 1. The average Bonchev–Trinajstić information content (AvgIpc) is 3.22. The third-order valence-corrected chi connectivity index (χ3v) is 5.77. The van der Waals surface area contributed by atoms with Crippen molar-refractivity contribution in [3.05, 3.63) is 70.2 Å². The molecule has 9 heteroatoms. The Morgan fingerprint density at radius 1 is 1.24 bits per heavy atom. The molecule has 150 valence electrons. The molecular weight excluding hydrogens is 415 g/mol. The fraction of sp³-hybridized carbons (Fsp3) is 0.250. The first-order chi connectivity index (χ1) is 14.1. The predicted molar refractivity (Wildman–Crippen MR) is 111 cm³/mol. The second kappa shape index (κ2) is 8.86. The summed E-state index contributed by atoms with van der Waals surface area (Å²) in [7, 11) is 0. The molecule has 1 aliphatic rings. The topological polar surface area (TPSA) is 58.6 Å². The van der Waals surface area contributed by atoms with Crippen LogP contribution in [0.25, 0.3) is 0 Å². The first-order valence-electron chi connectivity index (χ1n) is 9.07. The molecule has 0 bridgehead atoms. The number of nitrogens with zero attached hydrogens (tertiary/aromatic N) is 4. The fourth-order valence-corrected chi connectivity index (χ4v) is 4.09. The van der Waals surface area contributed by atoms with Gasteiger partial charge in [0.1, 0.15) is 11.0 Å². The molecule has 1 fully saturated rings. The highest BCUT2D eigenvalue weighted by atomic mass is 35.5. The highest BCUT2D eigenvalue weighted by molar-refractivity contribution is 7.13. The Kier molecular flexibility index (Phi) is 6.03. The molecule has 29 heavy (non-hydrogen) atoms. The maximum atomic E-state index is 13.4. The number of benzene rings is 1. The molecule has 3 aromatic rings. The molecule has 1 aromatic carbocycles. The van der Waals surface area contributed by atoms with Crippen molar-refractivity contribution < 1.29 is 13.9 Å². The van der Waals surface area contributed by atoms with E-state index in [1.807, 2.05) is 5.38 Å². The molecule has 1 amide bonds. The van der Waals surface area contributed by atoms with Gasteiger partial charge in [-0.25, -0.2) is 14.4 Å². The molecule has 3 heterocycles. The van der Waals surface area contributed by atoms with Crippen molar-refractivity contribution in [3.8, 4) is 0 Å². The minimum absolute atomic E-state index is 0.122. The third kappa shape index (κ3) is 4.55. The lowest BCUT2D eigenvalue weighted by atomic mass is 10.2. The molecule has 1 saturated heterocycles. The van der Waals surface area contributed by atoms with Crippen LogP contribution < -0.4 is 9.80 Å². The Bertz CT molecular complexity index is 992. The van der Waals surface area contributed by atoms with E-state index in [1.165, 1.54) is 34.6 Å². The number of ether oxygens (including phenoxy) is 1. The van der Waals surface area contributed by atoms with Gasteiger partial charge in [0.2, 0.25) is 0 Å². The number of pyridine rings is 1. The highest BCUT2D eigenvalue weighted by Gasteiger charge is 2.23. The number of anilines is 2. The van der Waals surface area contributed by atoms with E-state index in [4.69, 9.17) is 16.3 Å². The molecule has 0 spiro atoms. The number of carbonyl (C=O) groups is 1. The lowest BCUT2D eigenvalue weighted by Gasteiger charge is -2.26. The van der Waals surface area contributed by atoms with E-state index in [9.17, 15) is 9.18 Å². The normalized spacial score (nSPS) is 14.1. The number of carbonyl (C=O) groups excluding carboxylic acids is 1. The minimum atomic E-state index is -0.371. The maximum Gasteiger partial charge on any atom is 0.261 e. The second-order valence-corrected chi connectivity index (χ2v) is 7.62. The molecule has 0 radical (unpaired) electrons. The molecule has 0 unspecified atom stereocenters. The van der Waals surface area contributed by atoms with E-state index in [1.54, 1.807) is 24.3 Å². The van der Waals surface area contributed by atoms with Gasteiger partial charge in [0.15, 0.2) is 5.13 Å². The van der Waals surface area contributed by atoms with Crippen LogP contribution in [0.15, 0.2) is 48.0 Å². The van der Waals surface area contributed by atoms with E-state index in [-0.39, 0.29) is 29.0 Å². The largest absolute Gasteiger partial charge is 0.378 e. The summed E-state index contributed by atoms with van der Waals surface area (Å²) in [6.07, 6.45) is 1.52. The Balaban J connectivity index is 1.62. The van der Waals surface area contributed by atoms with E-state index in [2.05, 4.69) is 14.9 Å². The number of aromatic nitrogens is 2. The standard InChI is InChI=1S/C20H18ClFN4O2S/c21-18-17(2-1-7-23-18)19(27)26(16-5-3-14(22)4-6-16)12-15-13-29-20(24-15)25-8-10-28-11-9-25/h1-7,13H,8-12H2. The van der Waals surface area contributed by atoms with E-state index in [0.29, 0.717) is 18.9 Å². The molecule has 0 N–H and O–H groups in total. The van der Waals surface area contributed by atoms with E-state index in [0.717, 1.165) is 23.9 Å². The maximum absolute atomic E-state index is 13.4. The Morgan fingerprint density at radius 2 is 2.00 bits per heavy atom. The molecular formula is C20H18ClFN4O2S. The summed E-state index contributed by atoms with van der Waals surface area (Å²) in [5.41, 5.74) is 1.58. The van der Waals surface area contributed by atoms with Crippen LogP contribution in [0.5, 0.6) is 0 Å².